The Hall–Kier alpha value is -2.58. The fourth-order valence-corrected chi connectivity index (χ4v) is 4.05. The van der Waals surface area contributed by atoms with Gasteiger partial charge in [0.1, 0.15) is 11.6 Å². The number of hydrogen-bond donors (Lipinski definition) is 3. The Morgan fingerprint density at radius 2 is 1.86 bits per heavy atom. The Bertz CT molecular complexity index is 941. The third kappa shape index (κ3) is 3.70. The number of hydrogen-bond acceptors (Lipinski definition) is 6. The number of anilines is 4. The maximum atomic E-state index is 12.9. The Morgan fingerprint density at radius 1 is 1.18 bits per heavy atom. The van der Waals surface area contributed by atoms with Gasteiger partial charge in [-0.25, -0.2) is 0 Å². The third-order valence-electron chi connectivity index (χ3n) is 4.79. The van der Waals surface area contributed by atoms with Crippen molar-refractivity contribution in [3.8, 4) is 0 Å². The highest BCUT2D eigenvalue weighted by Gasteiger charge is 2.35. The molecule has 0 spiro atoms. The van der Waals surface area contributed by atoms with E-state index in [0.717, 1.165) is 25.9 Å². The summed E-state index contributed by atoms with van der Waals surface area (Å²) in [6.07, 6.45) is 2.06. The van der Waals surface area contributed by atoms with Crippen molar-refractivity contribution in [2.24, 2.45) is 0 Å². The molecule has 1 aromatic carbocycles. The maximum Gasteiger partial charge on any atom is 0.232 e. The van der Waals surface area contributed by atoms with Gasteiger partial charge in [0, 0.05) is 35.2 Å². The number of nitrogen functional groups attached to an aromatic ring is 1. The van der Waals surface area contributed by atoms with Gasteiger partial charge < -0.3 is 21.3 Å². The molecule has 1 fully saturated rings. The van der Waals surface area contributed by atoms with Crippen LogP contribution in [0.1, 0.15) is 30.7 Å². The van der Waals surface area contributed by atoms with Gasteiger partial charge in [0.25, 0.3) is 0 Å². The van der Waals surface area contributed by atoms with E-state index in [1.54, 1.807) is 18.2 Å². The van der Waals surface area contributed by atoms with Gasteiger partial charge in [0.15, 0.2) is 0 Å². The first-order valence-corrected chi connectivity index (χ1v) is 9.65. The minimum Gasteiger partial charge on any atom is -0.383 e. The third-order valence-corrected chi connectivity index (χ3v) is 5.23. The smallest absolute Gasteiger partial charge is 0.232 e. The summed E-state index contributed by atoms with van der Waals surface area (Å²) in [6.45, 7) is 1.68. The molecule has 3 heterocycles. The zero-order valence-electron chi connectivity index (χ0n) is 14.8. The molecule has 1 aromatic heterocycles. The number of carbonyl (C=O) groups excluding carboxylic acids is 2. The molecule has 8 nitrogen and oxygen atoms in total. The molecule has 0 bridgehead atoms. The van der Waals surface area contributed by atoms with Crippen molar-refractivity contribution >= 4 is 58.3 Å². The number of benzene rings is 1. The van der Waals surface area contributed by atoms with Gasteiger partial charge in [-0.1, -0.05) is 23.2 Å². The summed E-state index contributed by atoms with van der Waals surface area (Å²) < 4.78 is 0. The van der Waals surface area contributed by atoms with Crippen LogP contribution in [0.5, 0.6) is 0 Å². The number of fused-ring (bicyclic) bond motifs is 1. The number of nitrogens with two attached hydrogens (primary N) is 1. The van der Waals surface area contributed by atoms with Crippen LogP contribution in [0.4, 0.5) is 23.3 Å². The lowest BCUT2D eigenvalue weighted by Crippen LogP contribution is -2.33. The number of carbonyl (C=O) groups is 2. The van der Waals surface area contributed by atoms with Crippen LogP contribution in [0.3, 0.4) is 0 Å². The van der Waals surface area contributed by atoms with Crippen molar-refractivity contribution in [3.05, 3.63) is 33.8 Å². The van der Waals surface area contributed by atoms with Gasteiger partial charge in [0.05, 0.1) is 11.5 Å². The van der Waals surface area contributed by atoms with Gasteiger partial charge in [-0.05, 0) is 31.0 Å². The molecule has 0 saturated carbocycles. The van der Waals surface area contributed by atoms with Crippen molar-refractivity contribution in [3.63, 3.8) is 0 Å². The summed E-state index contributed by atoms with van der Waals surface area (Å²) in [7, 11) is 0. The van der Waals surface area contributed by atoms with E-state index in [0.29, 0.717) is 27.2 Å². The van der Waals surface area contributed by atoms with Crippen molar-refractivity contribution < 1.29 is 9.59 Å². The average Bonchev–Trinajstić information content (AvgIpc) is 3.14. The van der Waals surface area contributed by atoms with Crippen LogP contribution in [-0.4, -0.2) is 34.9 Å². The number of nitrogens with one attached hydrogen (secondary N) is 2. The number of halogens is 2. The van der Waals surface area contributed by atoms with Crippen molar-refractivity contribution in [2.45, 2.75) is 25.2 Å². The van der Waals surface area contributed by atoms with E-state index in [-0.39, 0.29) is 24.0 Å². The van der Waals surface area contributed by atoms with Crippen LogP contribution < -0.4 is 21.3 Å². The average molecular weight is 421 g/mol. The largest absolute Gasteiger partial charge is 0.383 e. The van der Waals surface area contributed by atoms with Gasteiger partial charge in [-0.3, -0.25) is 9.59 Å². The summed E-state index contributed by atoms with van der Waals surface area (Å²) >= 11 is 12.0. The SMILES string of the molecule is Nc1nc(N2CCCC2)nc2c1C(C(=O)Nc1cc(Cl)cc(Cl)c1)CC(=O)N2. The fraction of sp³-hybridized carbons (Fsp3) is 0.333. The molecule has 4 rings (SSSR count). The molecular weight excluding hydrogens is 403 g/mol. The van der Waals surface area contributed by atoms with Gasteiger partial charge >= 0.3 is 0 Å². The molecule has 2 aliphatic heterocycles. The molecular formula is C18H18Cl2N6O2. The Kier molecular flexibility index (Phi) is 4.99. The fourth-order valence-electron chi connectivity index (χ4n) is 3.52. The Labute approximate surface area is 171 Å². The van der Waals surface area contributed by atoms with Crippen molar-refractivity contribution in [1.29, 1.82) is 0 Å². The lowest BCUT2D eigenvalue weighted by Gasteiger charge is -2.26. The van der Waals surface area contributed by atoms with Crippen LogP contribution in [-0.2, 0) is 9.59 Å². The standard InChI is InChI=1S/C18H18Cl2N6O2/c19-9-5-10(20)7-11(6-9)22-17(28)12-8-13(27)23-16-14(12)15(21)24-18(25-16)26-3-1-2-4-26/h5-7,12H,1-4,8H2,(H,22,28)(H3,21,23,24,25,27). The molecule has 1 unspecified atom stereocenters. The maximum absolute atomic E-state index is 12.9. The first-order valence-electron chi connectivity index (χ1n) is 8.90. The van der Waals surface area contributed by atoms with E-state index in [1.165, 1.54) is 0 Å². The molecule has 4 N–H and O–H groups in total. The highest BCUT2D eigenvalue weighted by Crippen LogP contribution is 2.37. The second-order valence-electron chi connectivity index (χ2n) is 6.82. The quantitative estimate of drug-likeness (QED) is 0.702. The first-order chi connectivity index (χ1) is 13.4. The predicted octanol–water partition coefficient (Wildman–Crippen LogP) is 3.03. The summed E-state index contributed by atoms with van der Waals surface area (Å²) in [5.74, 6) is -0.571. The molecule has 1 atom stereocenters. The number of aromatic nitrogens is 2. The number of rotatable bonds is 3. The highest BCUT2D eigenvalue weighted by molar-refractivity contribution is 6.35. The van der Waals surface area contributed by atoms with Crippen LogP contribution in [0.25, 0.3) is 0 Å². The van der Waals surface area contributed by atoms with Crippen molar-refractivity contribution in [2.75, 3.05) is 34.4 Å². The van der Waals surface area contributed by atoms with E-state index in [4.69, 9.17) is 28.9 Å². The van der Waals surface area contributed by atoms with Crippen molar-refractivity contribution in [1.82, 2.24) is 9.97 Å². The van der Waals surface area contributed by atoms with Crippen LogP contribution in [0, 0.1) is 0 Å². The summed E-state index contributed by atoms with van der Waals surface area (Å²) in [6, 6.07) is 4.71. The second-order valence-corrected chi connectivity index (χ2v) is 7.69. The summed E-state index contributed by atoms with van der Waals surface area (Å²) in [5.41, 5.74) is 7.03. The molecule has 0 radical (unpaired) electrons. The molecule has 146 valence electrons. The zero-order chi connectivity index (χ0) is 19.8. The molecule has 1 saturated heterocycles. The highest BCUT2D eigenvalue weighted by atomic mass is 35.5. The van der Waals surface area contributed by atoms with E-state index in [2.05, 4.69) is 20.6 Å². The number of nitrogens with zero attached hydrogens (tertiary/aromatic N) is 3. The van der Waals surface area contributed by atoms with Gasteiger partial charge in [0.2, 0.25) is 17.8 Å². The minimum absolute atomic E-state index is 0.0518. The first kappa shape index (κ1) is 18.8. The molecule has 2 amide bonds. The van der Waals surface area contributed by atoms with Crippen LogP contribution in [0.15, 0.2) is 18.2 Å². The van der Waals surface area contributed by atoms with E-state index < -0.39 is 11.8 Å². The lowest BCUT2D eigenvalue weighted by molar-refractivity contribution is -0.123. The summed E-state index contributed by atoms with van der Waals surface area (Å²) in [4.78, 5) is 35.9. The number of amides is 2. The molecule has 2 aliphatic rings. The lowest BCUT2D eigenvalue weighted by atomic mass is 9.92. The summed E-state index contributed by atoms with van der Waals surface area (Å²) in [5, 5.41) is 6.24. The molecule has 0 aliphatic carbocycles. The normalized spacial score (nSPS) is 18.6. The van der Waals surface area contributed by atoms with Gasteiger partial charge in [-0.15, -0.1) is 0 Å². The van der Waals surface area contributed by atoms with E-state index in [9.17, 15) is 9.59 Å². The monoisotopic (exact) mass is 420 g/mol. The predicted molar refractivity (Wildman–Crippen MR) is 109 cm³/mol. The van der Waals surface area contributed by atoms with E-state index >= 15 is 0 Å². The van der Waals surface area contributed by atoms with Crippen LogP contribution >= 0.6 is 23.2 Å². The van der Waals surface area contributed by atoms with Crippen LogP contribution in [0.2, 0.25) is 10.0 Å². The molecule has 2 aromatic rings. The Morgan fingerprint density at radius 3 is 2.54 bits per heavy atom. The second kappa shape index (κ2) is 7.44. The molecule has 28 heavy (non-hydrogen) atoms. The molecule has 10 heteroatoms. The zero-order valence-corrected chi connectivity index (χ0v) is 16.3. The topological polar surface area (TPSA) is 113 Å². The Balaban J connectivity index is 1.65. The van der Waals surface area contributed by atoms with E-state index in [1.807, 2.05) is 4.90 Å². The van der Waals surface area contributed by atoms with Gasteiger partial charge in [-0.2, -0.15) is 9.97 Å². The minimum atomic E-state index is -0.811.